The third-order valence-electron chi connectivity index (χ3n) is 6.98. The number of ether oxygens (including phenoxy) is 2. The van der Waals surface area contributed by atoms with E-state index in [4.69, 9.17) is 9.47 Å². The molecule has 6 nitrogen and oxygen atoms in total. The molecule has 0 saturated heterocycles. The predicted molar refractivity (Wildman–Crippen MR) is 141 cm³/mol. The SMILES string of the molecule is CCc1ccc(C2c3c(-c4ccc(C)cc4)n[nH]c3C(=O)N2CCc2ccc(OC)c(OC)c2)cc1. The van der Waals surface area contributed by atoms with E-state index in [0.717, 1.165) is 34.4 Å². The molecule has 1 aromatic heterocycles. The second kappa shape index (κ2) is 9.90. The molecule has 0 saturated carbocycles. The van der Waals surface area contributed by atoms with E-state index >= 15 is 0 Å². The van der Waals surface area contributed by atoms with Crippen molar-refractivity contribution in [3.63, 3.8) is 0 Å². The highest BCUT2D eigenvalue weighted by Gasteiger charge is 2.41. The summed E-state index contributed by atoms with van der Waals surface area (Å²) < 4.78 is 10.8. The molecule has 0 radical (unpaired) electrons. The number of benzene rings is 3. The van der Waals surface area contributed by atoms with Crippen LogP contribution in [0.1, 0.15) is 51.3 Å². The fourth-order valence-electron chi connectivity index (χ4n) is 4.93. The van der Waals surface area contributed by atoms with Crippen molar-refractivity contribution in [1.82, 2.24) is 15.1 Å². The van der Waals surface area contributed by atoms with E-state index in [1.54, 1.807) is 14.2 Å². The van der Waals surface area contributed by atoms with Crippen LogP contribution < -0.4 is 9.47 Å². The van der Waals surface area contributed by atoms with E-state index in [1.807, 2.05) is 23.1 Å². The summed E-state index contributed by atoms with van der Waals surface area (Å²) in [5, 5.41) is 7.64. The largest absolute Gasteiger partial charge is 0.493 e. The maximum Gasteiger partial charge on any atom is 0.273 e. The van der Waals surface area contributed by atoms with Gasteiger partial charge in [-0.15, -0.1) is 0 Å². The van der Waals surface area contributed by atoms with Crippen molar-refractivity contribution in [1.29, 1.82) is 0 Å². The number of H-pyrrole nitrogens is 1. The van der Waals surface area contributed by atoms with Gasteiger partial charge in [0.1, 0.15) is 5.69 Å². The summed E-state index contributed by atoms with van der Waals surface area (Å²) in [7, 11) is 3.26. The number of hydrogen-bond acceptors (Lipinski definition) is 4. The highest BCUT2D eigenvalue weighted by atomic mass is 16.5. The fourth-order valence-corrected chi connectivity index (χ4v) is 4.93. The molecule has 1 aliphatic heterocycles. The molecule has 0 fully saturated rings. The molecule has 6 heteroatoms. The summed E-state index contributed by atoms with van der Waals surface area (Å²) in [6.07, 6.45) is 1.66. The third-order valence-corrected chi connectivity index (χ3v) is 6.98. The molecule has 2 heterocycles. The summed E-state index contributed by atoms with van der Waals surface area (Å²) in [6, 6.07) is 22.6. The van der Waals surface area contributed by atoms with Crippen molar-refractivity contribution in [2.45, 2.75) is 32.7 Å². The molecule has 5 rings (SSSR count). The zero-order chi connectivity index (χ0) is 25.2. The average Bonchev–Trinajstić information content (AvgIpc) is 3.46. The van der Waals surface area contributed by atoms with Crippen LogP contribution in [0.3, 0.4) is 0 Å². The van der Waals surface area contributed by atoms with Crippen LogP contribution in [-0.2, 0) is 12.8 Å². The van der Waals surface area contributed by atoms with Crippen molar-refractivity contribution in [3.8, 4) is 22.8 Å². The molecule has 0 bridgehead atoms. The third kappa shape index (κ3) is 4.24. The minimum atomic E-state index is -0.214. The quantitative estimate of drug-likeness (QED) is 0.348. The standard InChI is InChI=1S/C30H31N3O3/c1-5-20-8-13-23(14-9-20)29-26-27(22-11-6-19(2)7-12-22)31-32-28(26)30(34)33(29)17-16-21-10-15-24(35-3)25(18-21)36-4/h6-15,18,29H,5,16-17H2,1-4H3,(H,31,32). The topological polar surface area (TPSA) is 67.5 Å². The first-order valence-corrected chi connectivity index (χ1v) is 12.3. The Morgan fingerprint density at radius 1 is 0.917 bits per heavy atom. The second-order valence-corrected chi connectivity index (χ2v) is 9.16. The molecule has 0 spiro atoms. The smallest absolute Gasteiger partial charge is 0.273 e. The number of nitrogens with zero attached hydrogens (tertiary/aromatic N) is 2. The van der Waals surface area contributed by atoms with Gasteiger partial charge >= 0.3 is 0 Å². The first-order valence-electron chi connectivity index (χ1n) is 12.3. The monoisotopic (exact) mass is 481 g/mol. The Morgan fingerprint density at radius 3 is 2.28 bits per heavy atom. The molecule has 4 aromatic rings. The van der Waals surface area contributed by atoms with E-state index in [9.17, 15) is 4.79 Å². The van der Waals surface area contributed by atoms with Gasteiger partial charge in [0, 0.05) is 17.7 Å². The number of aromatic nitrogens is 2. The number of methoxy groups -OCH3 is 2. The molecular formula is C30H31N3O3. The van der Waals surface area contributed by atoms with Crippen LogP contribution in [0.25, 0.3) is 11.3 Å². The van der Waals surface area contributed by atoms with Gasteiger partial charge in [0.25, 0.3) is 5.91 Å². The van der Waals surface area contributed by atoms with Crippen LogP contribution in [0, 0.1) is 6.92 Å². The highest BCUT2D eigenvalue weighted by molar-refractivity contribution is 6.00. The zero-order valence-electron chi connectivity index (χ0n) is 21.2. The normalized spacial score (nSPS) is 14.7. The molecule has 1 unspecified atom stereocenters. The Bertz CT molecular complexity index is 1370. The minimum absolute atomic E-state index is 0.0269. The van der Waals surface area contributed by atoms with Crippen molar-refractivity contribution in [2.75, 3.05) is 20.8 Å². The van der Waals surface area contributed by atoms with Gasteiger partial charge in [-0.05, 0) is 48.6 Å². The van der Waals surface area contributed by atoms with Gasteiger partial charge in [0.05, 0.1) is 26.0 Å². The number of carbonyl (C=O) groups excluding carboxylic acids is 1. The second-order valence-electron chi connectivity index (χ2n) is 9.16. The molecule has 184 valence electrons. The Morgan fingerprint density at radius 2 is 1.61 bits per heavy atom. The van der Waals surface area contributed by atoms with Crippen LogP contribution in [0.15, 0.2) is 66.7 Å². The van der Waals surface area contributed by atoms with E-state index < -0.39 is 0 Å². The molecule has 1 N–H and O–H groups in total. The van der Waals surface area contributed by atoms with Crippen LogP contribution in [0.2, 0.25) is 0 Å². The lowest BCUT2D eigenvalue weighted by molar-refractivity contribution is 0.0746. The number of aryl methyl sites for hydroxylation is 2. The number of amides is 1. The summed E-state index contributed by atoms with van der Waals surface area (Å²) >= 11 is 0. The molecule has 0 aliphatic carbocycles. The summed E-state index contributed by atoms with van der Waals surface area (Å²) in [5.41, 5.74) is 7.97. The van der Waals surface area contributed by atoms with Crippen LogP contribution in [0.5, 0.6) is 11.5 Å². The van der Waals surface area contributed by atoms with Crippen molar-refractivity contribution >= 4 is 5.91 Å². The summed E-state index contributed by atoms with van der Waals surface area (Å²) in [4.78, 5) is 15.6. The minimum Gasteiger partial charge on any atom is -0.493 e. The van der Waals surface area contributed by atoms with Crippen molar-refractivity contribution < 1.29 is 14.3 Å². The van der Waals surface area contributed by atoms with Crippen LogP contribution in [0.4, 0.5) is 0 Å². The Kier molecular flexibility index (Phi) is 6.51. The zero-order valence-corrected chi connectivity index (χ0v) is 21.2. The lowest BCUT2D eigenvalue weighted by atomic mass is 9.94. The lowest BCUT2D eigenvalue weighted by Crippen LogP contribution is -2.31. The predicted octanol–water partition coefficient (Wildman–Crippen LogP) is 5.75. The van der Waals surface area contributed by atoms with E-state index in [0.29, 0.717) is 30.2 Å². The van der Waals surface area contributed by atoms with Gasteiger partial charge in [-0.3, -0.25) is 9.89 Å². The van der Waals surface area contributed by atoms with Gasteiger partial charge in [-0.2, -0.15) is 5.10 Å². The van der Waals surface area contributed by atoms with Gasteiger partial charge in [-0.25, -0.2) is 0 Å². The number of nitrogens with one attached hydrogen (secondary N) is 1. The maximum absolute atomic E-state index is 13.7. The lowest BCUT2D eigenvalue weighted by Gasteiger charge is -2.27. The summed E-state index contributed by atoms with van der Waals surface area (Å²) in [5.74, 6) is 1.35. The number of aromatic amines is 1. The average molecular weight is 482 g/mol. The first kappa shape index (κ1) is 23.7. The molecular weight excluding hydrogens is 450 g/mol. The van der Waals surface area contributed by atoms with Crippen LogP contribution >= 0.6 is 0 Å². The Hall–Kier alpha value is -4.06. The molecule has 1 aliphatic rings. The highest BCUT2D eigenvalue weighted by Crippen LogP contribution is 2.43. The van der Waals surface area contributed by atoms with Gasteiger partial charge in [0.2, 0.25) is 0 Å². The van der Waals surface area contributed by atoms with E-state index in [1.165, 1.54) is 11.1 Å². The number of hydrogen-bond donors (Lipinski definition) is 1. The number of fused-ring (bicyclic) bond motifs is 1. The Balaban J connectivity index is 1.52. The van der Waals surface area contributed by atoms with Crippen LogP contribution in [-0.4, -0.2) is 41.8 Å². The van der Waals surface area contributed by atoms with E-state index in [2.05, 4.69) is 72.6 Å². The number of rotatable bonds is 8. The Labute approximate surface area is 211 Å². The van der Waals surface area contributed by atoms with Gasteiger partial charge in [0.15, 0.2) is 11.5 Å². The van der Waals surface area contributed by atoms with Crippen molar-refractivity contribution in [3.05, 3.63) is 100 Å². The van der Waals surface area contributed by atoms with Gasteiger partial charge in [-0.1, -0.05) is 67.1 Å². The molecule has 1 amide bonds. The fraction of sp³-hybridized carbons (Fsp3) is 0.267. The molecule has 3 aromatic carbocycles. The van der Waals surface area contributed by atoms with Gasteiger partial charge < -0.3 is 14.4 Å². The first-order chi connectivity index (χ1) is 17.5. The van der Waals surface area contributed by atoms with Crippen molar-refractivity contribution in [2.24, 2.45) is 0 Å². The maximum atomic E-state index is 13.7. The number of carbonyl (C=O) groups is 1. The van der Waals surface area contributed by atoms with E-state index in [-0.39, 0.29) is 11.9 Å². The molecule has 1 atom stereocenters. The summed E-state index contributed by atoms with van der Waals surface area (Å²) in [6.45, 7) is 4.77. The molecule has 36 heavy (non-hydrogen) atoms.